The first-order valence-corrected chi connectivity index (χ1v) is 10.1. The number of nitrogens with zero attached hydrogens (tertiary/aromatic N) is 3. The highest BCUT2D eigenvalue weighted by atomic mass is 32.2. The second-order valence-corrected chi connectivity index (χ2v) is 7.82. The molecule has 1 heterocycles. The Morgan fingerprint density at radius 1 is 1.41 bits per heavy atom. The van der Waals surface area contributed by atoms with Crippen LogP contribution in [0, 0.1) is 6.92 Å². The lowest BCUT2D eigenvalue weighted by Crippen LogP contribution is -2.25. The van der Waals surface area contributed by atoms with E-state index in [2.05, 4.69) is 74.1 Å². The van der Waals surface area contributed by atoms with Crippen LogP contribution in [0.3, 0.4) is 0 Å². The fourth-order valence-electron chi connectivity index (χ4n) is 2.84. The van der Waals surface area contributed by atoms with Gasteiger partial charge < -0.3 is 4.90 Å². The van der Waals surface area contributed by atoms with Crippen molar-refractivity contribution < 1.29 is 0 Å². The Morgan fingerprint density at radius 2 is 2.15 bits per heavy atom. The largest absolute Gasteiger partial charge is 0.357 e. The second-order valence-electron chi connectivity index (χ2n) is 6.93. The normalized spacial score (nSPS) is 14.0. The molecule has 1 aliphatic heterocycles. The third kappa shape index (κ3) is 5.33. The Kier molecular flexibility index (Phi) is 7.43. The molecule has 3 nitrogen and oxygen atoms in total. The fraction of sp³-hybridized carbons (Fsp3) is 0.304. The molecule has 1 aromatic carbocycles. The van der Waals surface area contributed by atoms with Crippen LogP contribution in [0.25, 0.3) is 0 Å². The fourth-order valence-corrected chi connectivity index (χ4v) is 3.56. The summed E-state index contributed by atoms with van der Waals surface area (Å²) in [5.41, 5.74) is 6.71. The quantitative estimate of drug-likeness (QED) is 0.397. The maximum absolute atomic E-state index is 4.73. The third-order valence-corrected chi connectivity index (χ3v) is 5.40. The van der Waals surface area contributed by atoms with Gasteiger partial charge >= 0.3 is 0 Å². The molecule has 0 aliphatic carbocycles. The van der Waals surface area contributed by atoms with Crippen molar-refractivity contribution in [2.24, 2.45) is 9.98 Å². The van der Waals surface area contributed by atoms with Gasteiger partial charge in [0.05, 0.1) is 5.69 Å². The summed E-state index contributed by atoms with van der Waals surface area (Å²) in [5.74, 6) is 1.67. The standard InChI is InChI=1S/C23H29N3S/c1-8-21(23(24-6)26(7)16(2)3)18(5)11-12-27-15-20-14-19-13-17(4)9-10-22(19)25-20/h8-13,16H,1,5-6,14-15H2,2-4,7H3/b12-11+,23-21+. The molecule has 1 aromatic rings. The zero-order chi connectivity index (χ0) is 20.0. The van der Waals surface area contributed by atoms with Gasteiger partial charge in [-0.1, -0.05) is 36.9 Å². The van der Waals surface area contributed by atoms with Crippen LogP contribution in [-0.4, -0.2) is 36.2 Å². The first-order chi connectivity index (χ1) is 12.9. The van der Waals surface area contributed by atoms with Gasteiger partial charge in [-0.25, -0.2) is 4.99 Å². The van der Waals surface area contributed by atoms with Gasteiger partial charge in [0.1, 0.15) is 5.82 Å². The van der Waals surface area contributed by atoms with E-state index in [1.54, 1.807) is 17.8 Å². The maximum Gasteiger partial charge on any atom is 0.135 e. The van der Waals surface area contributed by atoms with Gasteiger partial charge in [0, 0.05) is 36.5 Å². The molecule has 2 rings (SSSR count). The Bertz CT molecular complexity index is 828. The van der Waals surface area contributed by atoms with E-state index in [-0.39, 0.29) is 0 Å². The Balaban J connectivity index is 1.98. The molecule has 1 aliphatic rings. The molecular weight excluding hydrogens is 350 g/mol. The van der Waals surface area contributed by atoms with E-state index >= 15 is 0 Å². The van der Waals surface area contributed by atoms with E-state index in [0.29, 0.717) is 6.04 Å². The Hall–Kier alpha value is -2.33. The molecule has 0 N–H and O–H groups in total. The predicted molar refractivity (Wildman–Crippen MR) is 122 cm³/mol. The highest BCUT2D eigenvalue weighted by Gasteiger charge is 2.14. The Morgan fingerprint density at radius 3 is 2.78 bits per heavy atom. The van der Waals surface area contributed by atoms with Gasteiger partial charge in [0.25, 0.3) is 0 Å². The molecule has 0 saturated carbocycles. The lowest BCUT2D eigenvalue weighted by Gasteiger charge is -2.25. The van der Waals surface area contributed by atoms with Crippen molar-refractivity contribution in [2.45, 2.75) is 33.2 Å². The average Bonchev–Trinajstić information content (AvgIpc) is 3.04. The molecule has 27 heavy (non-hydrogen) atoms. The van der Waals surface area contributed by atoms with Gasteiger partial charge in [-0.05, 0) is 56.2 Å². The maximum atomic E-state index is 4.73. The number of aliphatic imine (C=N–C) groups is 2. The van der Waals surface area contributed by atoms with Crippen LogP contribution in [0.4, 0.5) is 5.69 Å². The van der Waals surface area contributed by atoms with Gasteiger partial charge in [-0.3, -0.25) is 4.99 Å². The lowest BCUT2D eigenvalue weighted by molar-refractivity contribution is 0.340. The summed E-state index contributed by atoms with van der Waals surface area (Å²) in [6.45, 7) is 18.1. The molecule has 0 aromatic heterocycles. The van der Waals surface area contributed by atoms with Crippen molar-refractivity contribution >= 4 is 29.9 Å². The molecule has 0 radical (unpaired) electrons. The van der Waals surface area contributed by atoms with Gasteiger partial charge in [-0.15, -0.1) is 11.8 Å². The second kappa shape index (κ2) is 9.56. The minimum atomic E-state index is 0.317. The first-order valence-electron chi connectivity index (χ1n) is 9.07. The van der Waals surface area contributed by atoms with Crippen LogP contribution < -0.4 is 0 Å². The Labute approximate surface area is 168 Å². The van der Waals surface area contributed by atoms with Gasteiger partial charge in [0.2, 0.25) is 0 Å². The van der Waals surface area contributed by atoms with Crippen LogP contribution in [0.15, 0.2) is 75.9 Å². The molecule has 0 saturated heterocycles. The number of hydrogen-bond acceptors (Lipinski definition) is 4. The van der Waals surface area contributed by atoms with Crippen molar-refractivity contribution in [3.8, 4) is 0 Å². The summed E-state index contributed by atoms with van der Waals surface area (Å²) < 4.78 is 0. The van der Waals surface area contributed by atoms with E-state index in [9.17, 15) is 0 Å². The number of hydrogen-bond donors (Lipinski definition) is 0. The zero-order valence-electron chi connectivity index (χ0n) is 16.8. The highest BCUT2D eigenvalue weighted by molar-refractivity contribution is 8.02. The predicted octanol–water partition coefficient (Wildman–Crippen LogP) is 5.87. The van der Waals surface area contributed by atoms with Crippen molar-refractivity contribution in [1.29, 1.82) is 0 Å². The highest BCUT2D eigenvalue weighted by Crippen LogP contribution is 2.29. The molecule has 0 unspecified atom stereocenters. The van der Waals surface area contributed by atoms with Gasteiger partial charge in [0.15, 0.2) is 0 Å². The van der Waals surface area contributed by atoms with Crippen LogP contribution in [-0.2, 0) is 6.42 Å². The topological polar surface area (TPSA) is 28.0 Å². The number of thioether (sulfide) groups is 1. The average molecular weight is 380 g/mol. The molecule has 0 spiro atoms. The van der Waals surface area contributed by atoms with E-state index in [1.807, 2.05) is 13.1 Å². The summed E-state index contributed by atoms with van der Waals surface area (Å²) >= 11 is 1.73. The SMILES string of the molecule is C=C/C(C(=C)/C=C/SCC1=Nc2ccc(C)cc2C1)=C(/N=C)N(C)C(C)C. The monoisotopic (exact) mass is 379 g/mol. The van der Waals surface area contributed by atoms with Crippen LogP contribution in [0.2, 0.25) is 0 Å². The van der Waals surface area contributed by atoms with E-state index < -0.39 is 0 Å². The molecule has 0 fully saturated rings. The van der Waals surface area contributed by atoms with E-state index in [0.717, 1.165) is 34.8 Å². The van der Waals surface area contributed by atoms with Crippen molar-refractivity contribution in [1.82, 2.24) is 4.90 Å². The van der Waals surface area contributed by atoms with Gasteiger partial charge in [-0.2, -0.15) is 0 Å². The number of fused-ring (bicyclic) bond motifs is 1. The molecule has 142 valence electrons. The number of aryl methyl sites for hydroxylation is 1. The number of benzene rings is 1. The summed E-state index contributed by atoms with van der Waals surface area (Å²) in [4.78, 5) is 11.0. The minimum Gasteiger partial charge on any atom is -0.357 e. The minimum absolute atomic E-state index is 0.317. The first kappa shape index (κ1) is 21.0. The summed E-state index contributed by atoms with van der Waals surface area (Å²) in [6.07, 6.45) is 4.74. The molecular formula is C23H29N3S. The number of allylic oxidation sites excluding steroid dienone is 4. The smallest absolute Gasteiger partial charge is 0.135 e. The zero-order valence-corrected chi connectivity index (χ0v) is 17.6. The van der Waals surface area contributed by atoms with Crippen molar-refractivity contribution in [3.05, 3.63) is 77.0 Å². The molecule has 0 amide bonds. The third-order valence-electron chi connectivity index (χ3n) is 4.57. The van der Waals surface area contributed by atoms with Crippen LogP contribution >= 0.6 is 11.8 Å². The lowest BCUT2D eigenvalue weighted by atomic mass is 10.1. The number of rotatable bonds is 9. The van der Waals surface area contributed by atoms with Crippen LogP contribution in [0.1, 0.15) is 25.0 Å². The summed E-state index contributed by atoms with van der Waals surface area (Å²) in [7, 11) is 2.00. The molecule has 0 bridgehead atoms. The summed E-state index contributed by atoms with van der Waals surface area (Å²) in [6, 6.07) is 6.77. The van der Waals surface area contributed by atoms with Crippen molar-refractivity contribution in [2.75, 3.05) is 12.8 Å². The van der Waals surface area contributed by atoms with E-state index in [1.165, 1.54) is 16.8 Å². The summed E-state index contributed by atoms with van der Waals surface area (Å²) in [5, 5.41) is 2.07. The molecule has 4 heteroatoms. The molecule has 0 atom stereocenters. The van der Waals surface area contributed by atoms with Crippen molar-refractivity contribution in [3.63, 3.8) is 0 Å². The van der Waals surface area contributed by atoms with E-state index in [4.69, 9.17) is 4.99 Å². The van der Waals surface area contributed by atoms with Crippen LogP contribution in [0.5, 0.6) is 0 Å².